The zero-order valence-corrected chi connectivity index (χ0v) is 12.1. The van der Waals surface area contributed by atoms with Gasteiger partial charge in [-0.2, -0.15) is 5.10 Å². The fourth-order valence-corrected chi connectivity index (χ4v) is 1.97. The van der Waals surface area contributed by atoms with Crippen LogP contribution in [0.1, 0.15) is 21.7 Å². The third kappa shape index (κ3) is 3.17. The number of amides is 1. The van der Waals surface area contributed by atoms with Gasteiger partial charge in [-0.1, -0.05) is 12.1 Å². The topological polar surface area (TPSA) is 72.7 Å². The second kappa shape index (κ2) is 6.17. The second-order valence-electron chi connectivity index (χ2n) is 4.84. The first-order valence-corrected chi connectivity index (χ1v) is 6.88. The molecule has 0 aliphatic rings. The Kier molecular flexibility index (Phi) is 3.91. The third-order valence-corrected chi connectivity index (χ3v) is 3.17. The van der Waals surface area contributed by atoms with E-state index in [1.165, 1.54) is 6.20 Å². The van der Waals surface area contributed by atoms with Crippen LogP contribution in [0.4, 0.5) is 0 Å². The lowest BCUT2D eigenvalue weighted by Gasteiger charge is -2.06. The van der Waals surface area contributed by atoms with Crippen molar-refractivity contribution in [1.29, 1.82) is 0 Å². The number of carbonyl (C=O) groups excluding carboxylic acids is 1. The summed E-state index contributed by atoms with van der Waals surface area (Å²) in [7, 11) is 0. The van der Waals surface area contributed by atoms with Gasteiger partial charge in [0.2, 0.25) is 0 Å². The van der Waals surface area contributed by atoms with Crippen LogP contribution in [0.2, 0.25) is 0 Å². The maximum Gasteiger partial charge on any atom is 0.271 e. The highest BCUT2D eigenvalue weighted by Crippen LogP contribution is 2.08. The van der Waals surface area contributed by atoms with Crippen LogP contribution in [0.15, 0.2) is 55.1 Å². The Balaban J connectivity index is 1.61. The van der Waals surface area contributed by atoms with Gasteiger partial charge >= 0.3 is 0 Å². The molecular formula is C16H15N5O. The van der Waals surface area contributed by atoms with Crippen molar-refractivity contribution in [3.05, 3.63) is 72.1 Å². The van der Waals surface area contributed by atoms with E-state index in [0.717, 1.165) is 16.9 Å². The summed E-state index contributed by atoms with van der Waals surface area (Å²) in [6.07, 6.45) is 6.67. The van der Waals surface area contributed by atoms with Gasteiger partial charge in [0.1, 0.15) is 5.69 Å². The molecule has 3 aromatic rings. The number of carbonyl (C=O) groups is 1. The SMILES string of the molecule is Cc1cnc(C(=O)NCc2ccc(-n3cccn3)cc2)cn1. The van der Waals surface area contributed by atoms with Crippen molar-refractivity contribution >= 4 is 5.91 Å². The number of benzene rings is 1. The van der Waals surface area contributed by atoms with Crippen LogP contribution in [0.25, 0.3) is 5.69 Å². The molecular weight excluding hydrogens is 278 g/mol. The van der Waals surface area contributed by atoms with E-state index in [1.54, 1.807) is 17.1 Å². The summed E-state index contributed by atoms with van der Waals surface area (Å²) in [5.74, 6) is -0.233. The summed E-state index contributed by atoms with van der Waals surface area (Å²) in [4.78, 5) is 20.1. The molecule has 1 amide bonds. The van der Waals surface area contributed by atoms with E-state index in [-0.39, 0.29) is 5.91 Å². The zero-order valence-electron chi connectivity index (χ0n) is 12.1. The number of hydrogen-bond acceptors (Lipinski definition) is 4. The molecule has 6 heteroatoms. The van der Waals surface area contributed by atoms with E-state index in [9.17, 15) is 4.79 Å². The number of aryl methyl sites for hydroxylation is 1. The highest BCUT2D eigenvalue weighted by Gasteiger charge is 2.07. The summed E-state index contributed by atoms with van der Waals surface area (Å²) < 4.78 is 1.78. The average Bonchev–Trinajstić information content (AvgIpc) is 3.08. The molecule has 2 aromatic heterocycles. The molecule has 0 spiro atoms. The van der Waals surface area contributed by atoms with Gasteiger partial charge in [-0.15, -0.1) is 0 Å². The molecule has 0 unspecified atom stereocenters. The van der Waals surface area contributed by atoms with Crippen molar-refractivity contribution < 1.29 is 4.79 Å². The average molecular weight is 293 g/mol. The molecule has 22 heavy (non-hydrogen) atoms. The molecule has 0 atom stereocenters. The van der Waals surface area contributed by atoms with Crippen LogP contribution in [0.5, 0.6) is 0 Å². The van der Waals surface area contributed by atoms with Crippen molar-refractivity contribution in [2.24, 2.45) is 0 Å². The van der Waals surface area contributed by atoms with Gasteiger partial charge < -0.3 is 5.32 Å². The quantitative estimate of drug-likeness (QED) is 0.797. The van der Waals surface area contributed by atoms with E-state index in [0.29, 0.717) is 12.2 Å². The molecule has 0 saturated heterocycles. The molecule has 0 radical (unpaired) electrons. The Hall–Kier alpha value is -3.02. The molecule has 1 aromatic carbocycles. The van der Waals surface area contributed by atoms with Crippen molar-refractivity contribution in [2.45, 2.75) is 13.5 Å². The normalized spacial score (nSPS) is 10.4. The fraction of sp³-hybridized carbons (Fsp3) is 0.125. The van der Waals surface area contributed by atoms with E-state index < -0.39 is 0 Å². The summed E-state index contributed by atoms with van der Waals surface area (Å²) in [5, 5.41) is 6.99. The van der Waals surface area contributed by atoms with E-state index in [2.05, 4.69) is 20.4 Å². The number of hydrogen-bond donors (Lipinski definition) is 1. The largest absolute Gasteiger partial charge is 0.347 e. The third-order valence-electron chi connectivity index (χ3n) is 3.17. The van der Waals surface area contributed by atoms with Gasteiger partial charge in [0.05, 0.1) is 17.6 Å². The van der Waals surface area contributed by atoms with E-state index in [4.69, 9.17) is 0 Å². The standard InChI is InChI=1S/C16H15N5O/c1-12-9-18-15(11-17-12)16(22)19-10-13-3-5-14(6-4-13)21-8-2-7-20-21/h2-9,11H,10H2,1H3,(H,19,22). The van der Waals surface area contributed by atoms with Gasteiger partial charge in [0.25, 0.3) is 5.91 Å². The highest BCUT2D eigenvalue weighted by molar-refractivity contribution is 5.91. The Morgan fingerprint density at radius 2 is 2.00 bits per heavy atom. The van der Waals surface area contributed by atoms with Gasteiger partial charge in [0.15, 0.2) is 0 Å². The van der Waals surface area contributed by atoms with E-state index in [1.807, 2.05) is 43.5 Å². The summed E-state index contributed by atoms with van der Waals surface area (Å²) in [5.41, 5.74) is 3.08. The lowest BCUT2D eigenvalue weighted by molar-refractivity contribution is 0.0945. The molecule has 3 rings (SSSR count). The molecule has 1 N–H and O–H groups in total. The highest BCUT2D eigenvalue weighted by atomic mass is 16.1. The Bertz CT molecular complexity index is 748. The van der Waals surface area contributed by atoms with Crippen LogP contribution >= 0.6 is 0 Å². The molecule has 0 bridgehead atoms. The molecule has 0 fully saturated rings. The first-order chi connectivity index (χ1) is 10.7. The molecule has 0 aliphatic heterocycles. The van der Waals surface area contributed by atoms with Crippen molar-refractivity contribution in [3.8, 4) is 5.69 Å². The summed E-state index contributed by atoms with van der Waals surface area (Å²) in [6.45, 7) is 2.27. The number of rotatable bonds is 4. The minimum absolute atomic E-state index is 0.233. The Morgan fingerprint density at radius 3 is 2.64 bits per heavy atom. The summed E-state index contributed by atoms with van der Waals surface area (Å²) in [6, 6.07) is 9.70. The summed E-state index contributed by atoms with van der Waals surface area (Å²) >= 11 is 0. The van der Waals surface area contributed by atoms with Gasteiger partial charge in [-0.25, -0.2) is 9.67 Å². The molecule has 110 valence electrons. The number of nitrogens with one attached hydrogen (secondary N) is 1. The first-order valence-electron chi connectivity index (χ1n) is 6.88. The maximum atomic E-state index is 12.0. The van der Waals surface area contributed by atoms with Crippen molar-refractivity contribution in [1.82, 2.24) is 25.1 Å². The monoisotopic (exact) mass is 293 g/mol. The predicted octanol–water partition coefficient (Wildman–Crippen LogP) is 1.90. The van der Waals surface area contributed by atoms with Gasteiger partial charge in [-0.05, 0) is 30.7 Å². The van der Waals surface area contributed by atoms with Crippen LogP contribution in [0, 0.1) is 6.92 Å². The second-order valence-corrected chi connectivity index (χ2v) is 4.84. The van der Waals surface area contributed by atoms with Crippen LogP contribution in [0.3, 0.4) is 0 Å². The maximum absolute atomic E-state index is 12.0. The van der Waals surface area contributed by atoms with Crippen molar-refractivity contribution in [3.63, 3.8) is 0 Å². The minimum atomic E-state index is -0.233. The van der Waals surface area contributed by atoms with Crippen LogP contribution in [-0.2, 0) is 6.54 Å². The molecule has 2 heterocycles. The van der Waals surface area contributed by atoms with Crippen molar-refractivity contribution in [2.75, 3.05) is 0 Å². The van der Waals surface area contributed by atoms with Crippen LogP contribution in [-0.4, -0.2) is 25.7 Å². The number of nitrogens with zero attached hydrogens (tertiary/aromatic N) is 4. The number of aromatic nitrogens is 4. The first kappa shape index (κ1) is 13.9. The molecule has 0 aliphatic carbocycles. The Morgan fingerprint density at radius 1 is 1.18 bits per heavy atom. The van der Waals surface area contributed by atoms with Gasteiger partial charge in [-0.3, -0.25) is 9.78 Å². The van der Waals surface area contributed by atoms with E-state index >= 15 is 0 Å². The minimum Gasteiger partial charge on any atom is -0.347 e. The smallest absolute Gasteiger partial charge is 0.271 e. The molecule has 0 saturated carbocycles. The lowest BCUT2D eigenvalue weighted by atomic mass is 10.2. The van der Waals surface area contributed by atoms with Gasteiger partial charge in [0, 0.05) is 25.1 Å². The van der Waals surface area contributed by atoms with Crippen LogP contribution < -0.4 is 5.32 Å². The Labute approximate surface area is 127 Å². The molecule has 6 nitrogen and oxygen atoms in total. The predicted molar refractivity (Wildman–Crippen MR) is 81.5 cm³/mol. The lowest BCUT2D eigenvalue weighted by Crippen LogP contribution is -2.24. The fourth-order valence-electron chi connectivity index (χ4n) is 1.97. The zero-order chi connectivity index (χ0) is 15.4.